The largest absolute Gasteiger partial charge is 0.303 e. The van der Waals surface area contributed by atoms with Crippen LogP contribution in [0.25, 0.3) is 0 Å². The molecule has 1 N–H and O–H groups in total. The summed E-state index contributed by atoms with van der Waals surface area (Å²) in [7, 11) is 0. The van der Waals surface area contributed by atoms with Crippen molar-refractivity contribution < 1.29 is 0 Å². The lowest BCUT2D eigenvalue weighted by atomic mass is 10.2. The van der Waals surface area contributed by atoms with Crippen LogP contribution in [0, 0.1) is 0 Å². The Morgan fingerprint density at radius 1 is 1.50 bits per heavy atom. The van der Waals surface area contributed by atoms with Crippen molar-refractivity contribution in [3.05, 3.63) is 37.9 Å². The zero-order valence-corrected chi connectivity index (χ0v) is 11.3. The number of aromatic nitrogens is 1. The second-order valence-electron chi connectivity index (χ2n) is 3.44. The maximum Gasteiger partial charge on any atom is 0.109 e. The SMILES string of the molecule is CCC(NCc1cc(Cl)cs1)c1nccs1. The molecule has 5 heteroatoms. The second kappa shape index (κ2) is 5.77. The topological polar surface area (TPSA) is 24.9 Å². The molecule has 0 amide bonds. The van der Waals surface area contributed by atoms with E-state index in [1.807, 2.05) is 23.0 Å². The van der Waals surface area contributed by atoms with Gasteiger partial charge in [-0.2, -0.15) is 0 Å². The van der Waals surface area contributed by atoms with Gasteiger partial charge in [-0.25, -0.2) is 4.98 Å². The van der Waals surface area contributed by atoms with Crippen molar-refractivity contribution in [2.45, 2.75) is 25.9 Å². The summed E-state index contributed by atoms with van der Waals surface area (Å²) in [5, 5.41) is 9.46. The van der Waals surface area contributed by atoms with Crippen molar-refractivity contribution in [3.8, 4) is 0 Å². The first-order chi connectivity index (χ1) is 7.79. The van der Waals surface area contributed by atoms with Crippen molar-refractivity contribution in [2.24, 2.45) is 0 Å². The number of nitrogens with zero attached hydrogens (tertiary/aromatic N) is 1. The van der Waals surface area contributed by atoms with Crippen molar-refractivity contribution in [1.29, 1.82) is 0 Å². The molecule has 1 unspecified atom stereocenters. The quantitative estimate of drug-likeness (QED) is 0.886. The minimum absolute atomic E-state index is 0.348. The fourth-order valence-corrected chi connectivity index (χ4v) is 3.30. The summed E-state index contributed by atoms with van der Waals surface area (Å²) in [5.41, 5.74) is 0. The Morgan fingerprint density at radius 3 is 2.94 bits per heavy atom. The Balaban J connectivity index is 1.93. The summed E-state index contributed by atoms with van der Waals surface area (Å²) in [5.74, 6) is 0. The molecular formula is C11H13ClN2S2. The molecular weight excluding hydrogens is 260 g/mol. The Morgan fingerprint density at radius 2 is 2.38 bits per heavy atom. The summed E-state index contributed by atoms with van der Waals surface area (Å²) in [6, 6.07) is 2.36. The van der Waals surface area contributed by atoms with E-state index in [-0.39, 0.29) is 0 Å². The van der Waals surface area contributed by atoms with Gasteiger partial charge < -0.3 is 5.32 Å². The van der Waals surface area contributed by atoms with Gasteiger partial charge in [0.1, 0.15) is 5.01 Å². The van der Waals surface area contributed by atoms with Crippen LogP contribution in [0.2, 0.25) is 5.02 Å². The van der Waals surface area contributed by atoms with Gasteiger partial charge in [-0.3, -0.25) is 0 Å². The van der Waals surface area contributed by atoms with Crippen LogP contribution in [0.15, 0.2) is 23.0 Å². The lowest BCUT2D eigenvalue weighted by Crippen LogP contribution is -2.19. The predicted octanol–water partition coefficient (Wildman–Crippen LogP) is 4.10. The van der Waals surface area contributed by atoms with E-state index < -0.39 is 0 Å². The molecule has 86 valence electrons. The standard InChI is InChI=1S/C11H13ClN2S2/c1-2-10(11-13-3-4-15-11)14-6-9-5-8(12)7-16-9/h3-5,7,10,14H,2,6H2,1H3. The fourth-order valence-electron chi connectivity index (χ4n) is 1.48. The molecule has 2 heterocycles. The van der Waals surface area contributed by atoms with Gasteiger partial charge in [0.05, 0.1) is 11.1 Å². The molecule has 0 radical (unpaired) electrons. The van der Waals surface area contributed by atoms with Crippen molar-refractivity contribution in [2.75, 3.05) is 0 Å². The van der Waals surface area contributed by atoms with E-state index in [0.717, 1.165) is 23.0 Å². The van der Waals surface area contributed by atoms with Crippen molar-refractivity contribution >= 4 is 34.3 Å². The number of thiazole rings is 1. The summed E-state index contributed by atoms with van der Waals surface area (Å²) in [4.78, 5) is 5.60. The molecule has 1 atom stereocenters. The third-order valence-corrected chi connectivity index (χ3v) is 4.48. The van der Waals surface area contributed by atoms with Crippen molar-refractivity contribution in [3.63, 3.8) is 0 Å². The van der Waals surface area contributed by atoms with E-state index in [2.05, 4.69) is 17.2 Å². The number of hydrogen-bond donors (Lipinski definition) is 1. The number of hydrogen-bond acceptors (Lipinski definition) is 4. The Bertz CT molecular complexity index is 425. The summed E-state index contributed by atoms with van der Waals surface area (Å²) in [6.07, 6.45) is 2.90. The Hall–Kier alpha value is -0.420. The van der Waals surface area contributed by atoms with Crippen LogP contribution in [-0.2, 0) is 6.54 Å². The molecule has 0 saturated carbocycles. The molecule has 2 aromatic heterocycles. The molecule has 0 aromatic carbocycles. The molecule has 0 aliphatic heterocycles. The summed E-state index contributed by atoms with van der Waals surface area (Å²) < 4.78 is 0. The molecule has 2 rings (SSSR count). The molecule has 0 aliphatic rings. The predicted molar refractivity (Wildman–Crippen MR) is 71.3 cm³/mol. The van der Waals surface area contributed by atoms with Gasteiger partial charge in [-0.1, -0.05) is 18.5 Å². The molecule has 2 nitrogen and oxygen atoms in total. The van der Waals surface area contributed by atoms with E-state index in [1.54, 1.807) is 22.7 Å². The highest BCUT2D eigenvalue weighted by Gasteiger charge is 2.11. The molecule has 16 heavy (non-hydrogen) atoms. The Kier molecular flexibility index (Phi) is 4.35. The van der Waals surface area contributed by atoms with E-state index in [9.17, 15) is 0 Å². The third kappa shape index (κ3) is 3.04. The number of rotatable bonds is 5. The average molecular weight is 273 g/mol. The van der Waals surface area contributed by atoms with Gasteiger partial charge in [0, 0.05) is 28.4 Å². The monoisotopic (exact) mass is 272 g/mol. The molecule has 0 aliphatic carbocycles. The molecule has 0 bridgehead atoms. The van der Waals surface area contributed by atoms with E-state index >= 15 is 0 Å². The van der Waals surface area contributed by atoms with Gasteiger partial charge in [0.25, 0.3) is 0 Å². The number of nitrogens with one attached hydrogen (secondary N) is 1. The van der Waals surface area contributed by atoms with Crippen molar-refractivity contribution in [1.82, 2.24) is 10.3 Å². The number of halogens is 1. The maximum atomic E-state index is 5.88. The summed E-state index contributed by atoms with van der Waals surface area (Å²) >= 11 is 9.27. The number of thiophene rings is 1. The zero-order valence-electron chi connectivity index (χ0n) is 8.94. The normalized spacial score (nSPS) is 12.9. The van der Waals surface area contributed by atoms with Gasteiger partial charge in [-0.05, 0) is 12.5 Å². The van der Waals surface area contributed by atoms with Crippen LogP contribution < -0.4 is 5.32 Å². The first-order valence-corrected chi connectivity index (χ1v) is 7.29. The highest BCUT2D eigenvalue weighted by molar-refractivity contribution is 7.10. The van der Waals surface area contributed by atoms with Gasteiger partial charge in [0.2, 0.25) is 0 Å². The van der Waals surface area contributed by atoms with Gasteiger partial charge in [0.15, 0.2) is 0 Å². The highest BCUT2D eigenvalue weighted by Crippen LogP contribution is 2.22. The lowest BCUT2D eigenvalue weighted by Gasteiger charge is -2.13. The fraction of sp³-hybridized carbons (Fsp3) is 0.364. The zero-order chi connectivity index (χ0) is 11.4. The van der Waals surface area contributed by atoms with Crippen LogP contribution >= 0.6 is 34.3 Å². The summed E-state index contributed by atoms with van der Waals surface area (Å²) in [6.45, 7) is 3.02. The average Bonchev–Trinajstić information content (AvgIpc) is 2.91. The second-order valence-corrected chi connectivity index (χ2v) is 5.80. The Labute approximate surface area is 108 Å². The first-order valence-electron chi connectivity index (χ1n) is 5.15. The molecule has 0 spiro atoms. The minimum Gasteiger partial charge on any atom is -0.303 e. The van der Waals surface area contributed by atoms with Gasteiger partial charge >= 0.3 is 0 Å². The minimum atomic E-state index is 0.348. The van der Waals surface area contributed by atoms with E-state index in [0.29, 0.717) is 6.04 Å². The third-order valence-electron chi connectivity index (χ3n) is 2.30. The molecule has 0 saturated heterocycles. The van der Waals surface area contributed by atoms with E-state index in [4.69, 9.17) is 11.6 Å². The highest BCUT2D eigenvalue weighted by atomic mass is 35.5. The van der Waals surface area contributed by atoms with Crippen LogP contribution in [0.3, 0.4) is 0 Å². The first kappa shape index (κ1) is 12.0. The smallest absolute Gasteiger partial charge is 0.109 e. The van der Waals surface area contributed by atoms with Gasteiger partial charge in [-0.15, -0.1) is 22.7 Å². The van der Waals surface area contributed by atoms with E-state index in [1.165, 1.54) is 4.88 Å². The van der Waals surface area contributed by atoms with Crippen LogP contribution in [-0.4, -0.2) is 4.98 Å². The van der Waals surface area contributed by atoms with Crippen LogP contribution in [0.1, 0.15) is 29.3 Å². The molecule has 0 fully saturated rings. The van der Waals surface area contributed by atoms with Crippen LogP contribution in [0.5, 0.6) is 0 Å². The van der Waals surface area contributed by atoms with Crippen LogP contribution in [0.4, 0.5) is 0 Å². The maximum absolute atomic E-state index is 5.88. The molecule has 2 aromatic rings. The lowest BCUT2D eigenvalue weighted by molar-refractivity contribution is 0.519.